The van der Waals surface area contributed by atoms with Gasteiger partial charge >= 0.3 is 7.12 Å². The van der Waals surface area contributed by atoms with Crippen molar-refractivity contribution in [3.05, 3.63) is 23.8 Å². The number of rotatable bonds is 3. The molecule has 1 aromatic rings. The molecule has 0 unspecified atom stereocenters. The Kier molecular flexibility index (Phi) is 4.04. The van der Waals surface area contributed by atoms with Crippen LogP contribution in [-0.4, -0.2) is 36.5 Å². The Bertz CT molecular complexity index is 375. The van der Waals surface area contributed by atoms with Crippen LogP contribution < -0.4 is 10.2 Å². The summed E-state index contributed by atoms with van der Waals surface area (Å²) < 4.78 is 11.1. The summed E-state index contributed by atoms with van der Waals surface area (Å²) in [5.74, 6) is 0.562. The smallest absolute Gasteiger partial charge is 0.491 e. The maximum Gasteiger partial charge on any atom is 0.492 e. The lowest BCUT2D eigenvalue weighted by Gasteiger charge is -2.24. The third-order valence-corrected chi connectivity index (χ3v) is 2.91. The zero-order chi connectivity index (χ0) is 12.3. The van der Waals surface area contributed by atoms with E-state index >= 15 is 0 Å². The number of benzene rings is 1. The first-order valence-corrected chi connectivity index (χ1v) is 5.88. The summed E-state index contributed by atoms with van der Waals surface area (Å²) in [6.45, 7) is 3.35. The Hall–Kier alpha value is -1.04. The molecule has 0 saturated carbocycles. The Morgan fingerprint density at radius 3 is 2.65 bits per heavy atom. The highest BCUT2D eigenvalue weighted by atomic mass is 16.5. The Morgan fingerprint density at radius 2 is 2.00 bits per heavy atom. The minimum Gasteiger partial charge on any atom is -0.491 e. The van der Waals surface area contributed by atoms with E-state index in [0.29, 0.717) is 24.4 Å². The first-order chi connectivity index (χ1) is 8.16. The van der Waals surface area contributed by atoms with E-state index in [4.69, 9.17) is 9.47 Å². The summed E-state index contributed by atoms with van der Waals surface area (Å²) >= 11 is 0. The van der Waals surface area contributed by atoms with E-state index in [1.165, 1.54) is 0 Å². The molecule has 0 aliphatic carbocycles. The van der Waals surface area contributed by atoms with E-state index in [-0.39, 0.29) is 6.10 Å². The van der Waals surface area contributed by atoms with Crippen molar-refractivity contribution in [1.29, 1.82) is 0 Å². The molecule has 1 aliphatic rings. The van der Waals surface area contributed by atoms with E-state index in [2.05, 4.69) is 0 Å². The third kappa shape index (κ3) is 3.22. The molecular formula is C12H17BO4. The van der Waals surface area contributed by atoms with E-state index in [9.17, 15) is 10.0 Å². The summed E-state index contributed by atoms with van der Waals surface area (Å²) in [6.07, 6.45) is 1.78. The lowest BCUT2D eigenvalue weighted by molar-refractivity contribution is 0.0259. The molecule has 0 bridgehead atoms. The first-order valence-electron chi connectivity index (χ1n) is 5.88. The van der Waals surface area contributed by atoms with Gasteiger partial charge < -0.3 is 19.5 Å². The quantitative estimate of drug-likeness (QED) is 0.737. The van der Waals surface area contributed by atoms with Gasteiger partial charge in [0.15, 0.2) is 0 Å². The van der Waals surface area contributed by atoms with Gasteiger partial charge in [-0.2, -0.15) is 0 Å². The van der Waals surface area contributed by atoms with E-state index < -0.39 is 7.12 Å². The molecule has 17 heavy (non-hydrogen) atoms. The minimum atomic E-state index is -1.49. The average Bonchev–Trinajstić information content (AvgIpc) is 2.30. The summed E-state index contributed by atoms with van der Waals surface area (Å²) in [7, 11) is -1.49. The van der Waals surface area contributed by atoms with Crippen LogP contribution in [0.4, 0.5) is 0 Å². The second-order valence-corrected chi connectivity index (χ2v) is 4.34. The van der Waals surface area contributed by atoms with Gasteiger partial charge in [-0.05, 0) is 18.6 Å². The Balaban J connectivity index is 2.14. The SMILES string of the molecule is Cc1ccc(B(O)O)c(OC2CCOCC2)c1. The molecule has 5 heteroatoms. The average molecular weight is 236 g/mol. The monoisotopic (exact) mass is 236 g/mol. The zero-order valence-electron chi connectivity index (χ0n) is 9.93. The van der Waals surface area contributed by atoms with Crippen molar-refractivity contribution in [3.63, 3.8) is 0 Å². The Labute approximate surface area is 101 Å². The number of hydrogen-bond donors (Lipinski definition) is 2. The molecule has 1 aliphatic heterocycles. The minimum absolute atomic E-state index is 0.100. The van der Waals surface area contributed by atoms with Crippen LogP contribution in [0.1, 0.15) is 18.4 Å². The maximum atomic E-state index is 9.28. The van der Waals surface area contributed by atoms with Gasteiger partial charge in [0.05, 0.1) is 13.2 Å². The molecule has 1 saturated heterocycles. The lowest BCUT2D eigenvalue weighted by Crippen LogP contribution is -2.34. The van der Waals surface area contributed by atoms with Gasteiger partial charge in [-0.3, -0.25) is 0 Å². The molecule has 4 nitrogen and oxygen atoms in total. The molecule has 2 N–H and O–H groups in total. The zero-order valence-corrected chi connectivity index (χ0v) is 9.93. The molecule has 0 radical (unpaired) electrons. The van der Waals surface area contributed by atoms with Crippen LogP contribution in [0.3, 0.4) is 0 Å². The van der Waals surface area contributed by atoms with Crippen molar-refractivity contribution in [2.75, 3.05) is 13.2 Å². The van der Waals surface area contributed by atoms with Crippen LogP contribution >= 0.6 is 0 Å². The van der Waals surface area contributed by atoms with E-state index in [1.54, 1.807) is 6.07 Å². The summed E-state index contributed by atoms with van der Waals surface area (Å²) in [5.41, 5.74) is 1.46. The number of aryl methyl sites for hydroxylation is 1. The molecule has 1 heterocycles. The predicted octanol–water partition coefficient (Wildman–Crippen LogP) is 0.233. The van der Waals surface area contributed by atoms with Gasteiger partial charge in [-0.1, -0.05) is 12.1 Å². The number of hydrogen-bond acceptors (Lipinski definition) is 4. The molecule has 2 rings (SSSR count). The topological polar surface area (TPSA) is 58.9 Å². The normalized spacial score (nSPS) is 16.9. The van der Waals surface area contributed by atoms with E-state index in [1.807, 2.05) is 19.1 Å². The van der Waals surface area contributed by atoms with Gasteiger partial charge in [0.2, 0.25) is 0 Å². The molecule has 1 aromatic carbocycles. The summed E-state index contributed by atoms with van der Waals surface area (Å²) in [6, 6.07) is 5.37. The fourth-order valence-electron chi connectivity index (χ4n) is 1.93. The van der Waals surface area contributed by atoms with Crippen molar-refractivity contribution in [3.8, 4) is 5.75 Å². The highest BCUT2D eigenvalue weighted by Crippen LogP contribution is 2.17. The van der Waals surface area contributed by atoms with Crippen LogP contribution in [0.5, 0.6) is 5.75 Å². The van der Waals surface area contributed by atoms with Crippen molar-refractivity contribution in [2.24, 2.45) is 0 Å². The predicted molar refractivity (Wildman–Crippen MR) is 65.5 cm³/mol. The molecule has 0 atom stereocenters. The molecule has 1 fully saturated rings. The van der Waals surface area contributed by atoms with Crippen LogP contribution in [0.15, 0.2) is 18.2 Å². The van der Waals surface area contributed by atoms with Crippen LogP contribution in [0.2, 0.25) is 0 Å². The van der Waals surface area contributed by atoms with Gasteiger partial charge in [0.1, 0.15) is 11.9 Å². The van der Waals surface area contributed by atoms with Crippen LogP contribution in [-0.2, 0) is 4.74 Å². The third-order valence-electron chi connectivity index (χ3n) is 2.91. The van der Waals surface area contributed by atoms with Crippen molar-refractivity contribution in [2.45, 2.75) is 25.9 Å². The largest absolute Gasteiger partial charge is 0.492 e. The number of ether oxygens (including phenoxy) is 2. The van der Waals surface area contributed by atoms with Crippen molar-refractivity contribution >= 4 is 12.6 Å². The fourth-order valence-corrected chi connectivity index (χ4v) is 1.93. The van der Waals surface area contributed by atoms with Gasteiger partial charge in [0.25, 0.3) is 0 Å². The highest BCUT2D eigenvalue weighted by Gasteiger charge is 2.21. The van der Waals surface area contributed by atoms with Gasteiger partial charge in [-0.15, -0.1) is 0 Å². The molecule has 0 aromatic heterocycles. The standard InChI is InChI=1S/C12H17BO4/c1-9-2-3-11(13(14)15)12(8-9)17-10-4-6-16-7-5-10/h2-3,8,10,14-15H,4-7H2,1H3. The Morgan fingerprint density at radius 1 is 1.29 bits per heavy atom. The van der Waals surface area contributed by atoms with E-state index in [0.717, 1.165) is 18.4 Å². The van der Waals surface area contributed by atoms with Gasteiger partial charge in [0, 0.05) is 18.3 Å². The van der Waals surface area contributed by atoms with Crippen LogP contribution in [0, 0.1) is 6.92 Å². The molecule has 92 valence electrons. The van der Waals surface area contributed by atoms with Crippen molar-refractivity contribution < 1.29 is 19.5 Å². The fraction of sp³-hybridized carbons (Fsp3) is 0.500. The summed E-state index contributed by atoms with van der Waals surface area (Å²) in [5, 5.41) is 18.6. The second kappa shape index (κ2) is 5.53. The lowest BCUT2D eigenvalue weighted by atomic mass is 9.79. The van der Waals surface area contributed by atoms with Gasteiger partial charge in [-0.25, -0.2) is 0 Å². The summed E-state index contributed by atoms with van der Waals surface area (Å²) in [4.78, 5) is 0. The first kappa shape index (κ1) is 12.4. The highest BCUT2D eigenvalue weighted by molar-refractivity contribution is 6.59. The molecule has 0 spiro atoms. The second-order valence-electron chi connectivity index (χ2n) is 4.34. The van der Waals surface area contributed by atoms with Crippen LogP contribution in [0.25, 0.3) is 0 Å². The molecular weight excluding hydrogens is 219 g/mol. The molecule has 0 amide bonds. The maximum absolute atomic E-state index is 9.28. The van der Waals surface area contributed by atoms with Crippen molar-refractivity contribution in [1.82, 2.24) is 0 Å².